The highest BCUT2D eigenvalue weighted by molar-refractivity contribution is 5.40. The lowest BCUT2D eigenvalue weighted by atomic mass is 10.0. The van der Waals surface area contributed by atoms with Crippen LogP contribution in [-0.4, -0.2) is 26.4 Å². The maximum absolute atomic E-state index is 5.63. The van der Waals surface area contributed by atoms with Crippen LogP contribution in [0.4, 0.5) is 0 Å². The molecule has 2 aliphatic rings. The first kappa shape index (κ1) is 12.9. The highest BCUT2D eigenvalue weighted by atomic mass is 16.5. The summed E-state index contributed by atoms with van der Waals surface area (Å²) in [6.45, 7) is 4.16. The van der Waals surface area contributed by atoms with E-state index in [2.05, 4.69) is 30.4 Å². The van der Waals surface area contributed by atoms with E-state index in [1.165, 1.54) is 30.4 Å². The third-order valence-corrected chi connectivity index (χ3v) is 4.59. The normalized spacial score (nSPS) is 29.5. The molecule has 1 N–H and O–H groups in total. The molecule has 1 aliphatic heterocycles. The molecule has 104 valence electrons. The second-order valence-corrected chi connectivity index (χ2v) is 5.69. The summed E-state index contributed by atoms with van der Waals surface area (Å²) >= 11 is 0. The predicted octanol–water partition coefficient (Wildman–Crippen LogP) is 2.70. The van der Waals surface area contributed by atoms with Crippen LogP contribution in [0.25, 0.3) is 0 Å². The maximum Gasteiger partial charge on any atom is 0.119 e. The Kier molecular flexibility index (Phi) is 3.76. The average molecular weight is 261 g/mol. The molecule has 3 atom stereocenters. The van der Waals surface area contributed by atoms with Gasteiger partial charge in [0.1, 0.15) is 5.75 Å². The van der Waals surface area contributed by atoms with Gasteiger partial charge >= 0.3 is 0 Å². The van der Waals surface area contributed by atoms with Crippen molar-refractivity contribution in [1.82, 2.24) is 5.32 Å². The van der Waals surface area contributed by atoms with Crippen LogP contribution in [0.3, 0.4) is 0 Å². The first-order chi connectivity index (χ1) is 9.28. The van der Waals surface area contributed by atoms with Gasteiger partial charge in [-0.25, -0.2) is 0 Å². The average Bonchev–Trinajstić information content (AvgIpc) is 3.02. The Labute approximate surface area is 115 Å². The van der Waals surface area contributed by atoms with Crippen molar-refractivity contribution in [3.05, 3.63) is 29.3 Å². The third-order valence-electron chi connectivity index (χ3n) is 4.59. The van der Waals surface area contributed by atoms with Gasteiger partial charge in [-0.3, -0.25) is 0 Å². The summed E-state index contributed by atoms with van der Waals surface area (Å²) in [4.78, 5) is 0. The Morgan fingerprint density at radius 3 is 3.00 bits per heavy atom. The Bertz CT molecular complexity index is 446. The van der Waals surface area contributed by atoms with Crippen LogP contribution in [0.15, 0.2) is 18.2 Å². The number of methoxy groups -OCH3 is 1. The zero-order valence-corrected chi connectivity index (χ0v) is 11.8. The fourth-order valence-corrected chi connectivity index (χ4v) is 3.26. The van der Waals surface area contributed by atoms with Crippen molar-refractivity contribution in [3.8, 4) is 5.75 Å². The van der Waals surface area contributed by atoms with E-state index in [4.69, 9.17) is 9.47 Å². The van der Waals surface area contributed by atoms with E-state index < -0.39 is 0 Å². The van der Waals surface area contributed by atoms with Crippen molar-refractivity contribution in [2.24, 2.45) is 5.92 Å². The fourth-order valence-electron chi connectivity index (χ4n) is 3.26. The molecule has 19 heavy (non-hydrogen) atoms. The summed E-state index contributed by atoms with van der Waals surface area (Å²) in [5, 5.41) is 3.73. The first-order valence-corrected chi connectivity index (χ1v) is 7.29. The fraction of sp³-hybridized carbons (Fsp3) is 0.625. The van der Waals surface area contributed by atoms with E-state index in [1.54, 1.807) is 7.11 Å². The molecule has 1 fully saturated rings. The molecular weight excluding hydrogens is 238 g/mol. The van der Waals surface area contributed by atoms with E-state index in [0.29, 0.717) is 18.1 Å². The van der Waals surface area contributed by atoms with E-state index >= 15 is 0 Å². The second-order valence-electron chi connectivity index (χ2n) is 5.69. The Hall–Kier alpha value is -1.06. The number of hydrogen-bond donors (Lipinski definition) is 1. The van der Waals surface area contributed by atoms with Crippen molar-refractivity contribution < 1.29 is 9.47 Å². The van der Waals surface area contributed by atoms with Crippen molar-refractivity contribution in [2.45, 2.75) is 38.3 Å². The third kappa shape index (κ3) is 2.63. The molecule has 1 aromatic rings. The van der Waals surface area contributed by atoms with Crippen molar-refractivity contribution in [2.75, 3.05) is 20.3 Å². The van der Waals surface area contributed by atoms with Crippen LogP contribution >= 0.6 is 0 Å². The summed E-state index contributed by atoms with van der Waals surface area (Å²) in [6.07, 6.45) is 3.96. The molecule has 1 heterocycles. The smallest absolute Gasteiger partial charge is 0.119 e. The highest BCUT2D eigenvalue weighted by Crippen LogP contribution is 2.34. The van der Waals surface area contributed by atoms with Gasteiger partial charge in [0.05, 0.1) is 13.2 Å². The number of hydrogen-bond acceptors (Lipinski definition) is 3. The van der Waals surface area contributed by atoms with Crippen LogP contribution in [0.1, 0.15) is 36.9 Å². The molecule has 0 spiro atoms. The van der Waals surface area contributed by atoms with Crippen LogP contribution in [0, 0.1) is 5.92 Å². The van der Waals surface area contributed by atoms with Crippen molar-refractivity contribution in [3.63, 3.8) is 0 Å². The molecule has 3 unspecified atom stereocenters. The van der Waals surface area contributed by atoms with E-state index in [9.17, 15) is 0 Å². The van der Waals surface area contributed by atoms with Crippen LogP contribution in [-0.2, 0) is 11.2 Å². The lowest BCUT2D eigenvalue weighted by Crippen LogP contribution is -2.29. The van der Waals surface area contributed by atoms with Crippen LogP contribution in [0.5, 0.6) is 5.75 Å². The van der Waals surface area contributed by atoms with Gasteiger partial charge in [0.15, 0.2) is 0 Å². The number of nitrogens with one attached hydrogen (secondary N) is 1. The molecule has 0 radical (unpaired) electrons. The molecule has 0 amide bonds. The number of rotatable bonds is 4. The van der Waals surface area contributed by atoms with Gasteiger partial charge < -0.3 is 14.8 Å². The van der Waals surface area contributed by atoms with Gasteiger partial charge in [-0.05, 0) is 55.4 Å². The number of benzene rings is 1. The lowest BCUT2D eigenvalue weighted by molar-refractivity contribution is 0.105. The van der Waals surface area contributed by atoms with E-state index in [-0.39, 0.29) is 0 Å². The summed E-state index contributed by atoms with van der Waals surface area (Å²) in [6, 6.07) is 6.94. The molecular formula is C16H23NO2. The summed E-state index contributed by atoms with van der Waals surface area (Å²) < 4.78 is 11.0. The van der Waals surface area contributed by atoms with E-state index in [0.717, 1.165) is 18.9 Å². The van der Waals surface area contributed by atoms with Gasteiger partial charge in [-0.15, -0.1) is 0 Å². The van der Waals surface area contributed by atoms with Gasteiger partial charge in [0.25, 0.3) is 0 Å². The largest absolute Gasteiger partial charge is 0.497 e. The molecule has 3 heteroatoms. The van der Waals surface area contributed by atoms with E-state index in [1.807, 2.05) is 0 Å². The maximum atomic E-state index is 5.63. The van der Waals surface area contributed by atoms with Gasteiger partial charge in [0, 0.05) is 19.2 Å². The molecule has 3 nitrogen and oxygen atoms in total. The highest BCUT2D eigenvalue weighted by Gasteiger charge is 2.27. The Morgan fingerprint density at radius 2 is 2.26 bits per heavy atom. The standard InChI is InChI=1S/C16H23NO2/c1-11-13(7-8-19-11)10-17-16-6-4-12-3-5-14(18-2)9-15(12)16/h3,5,9,11,13,16-17H,4,6-8,10H2,1-2H3. The molecule has 0 saturated carbocycles. The molecule has 1 saturated heterocycles. The van der Waals surface area contributed by atoms with Crippen LogP contribution < -0.4 is 10.1 Å². The zero-order valence-electron chi connectivity index (χ0n) is 11.8. The predicted molar refractivity (Wildman–Crippen MR) is 75.6 cm³/mol. The number of ether oxygens (including phenoxy) is 2. The molecule has 3 rings (SSSR count). The Balaban J connectivity index is 1.65. The molecule has 0 bridgehead atoms. The van der Waals surface area contributed by atoms with Gasteiger partial charge in [-0.1, -0.05) is 6.07 Å². The topological polar surface area (TPSA) is 30.5 Å². The summed E-state index contributed by atoms with van der Waals surface area (Å²) in [5.41, 5.74) is 2.89. The number of aryl methyl sites for hydroxylation is 1. The molecule has 0 aromatic heterocycles. The second kappa shape index (κ2) is 5.51. The monoisotopic (exact) mass is 261 g/mol. The van der Waals surface area contributed by atoms with Crippen molar-refractivity contribution in [1.29, 1.82) is 0 Å². The zero-order chi connectivity index (χ0) is 13.2. The minimum atomic E-state index is 0.402. The van der Waals surface area contributed by atoms with Crippen molar-refractivity contribution >= 4 is 0 Å². The lowest BCUT2D eigenvalue weighted by Gasteiger charge is -2.19. The van der Waals surface area contributed by atoms with Gasteiger partial charge in [0.2, 0.25) is 0 Å². The van der Waals surface area contributed by atoms with Gasteiger partial charge in [-0.2, -0.15) is 0 Å². The SMILES string of the molecule is COc1ccc2c(c1)C(NCC1CCOC1C)CC2. The molecule has 1 aliphatic carbocycles. The summed E-state index contributed by atoms with van der Waals surface area (Å²) in [5.74, 6) is 1.62. The number of fused-ring (bicyclic) bond motifs is 1. The Morgan fingerprint density at radius 1 is 1.37 bits per heavy atom. The van der Waals surface area contributed by atoms with Crippen LogP contribution in [0.2, 0.25) is 0 Å². The minimum absolute atomic E-state index is 0.402. The quantitative estimate of drug-likeness (QED) is 0.904. The first-order valence-electron chi connectivity index (χ1n) is 7.29. The summed E-state index contributed by atoms with van der Waals surface area (Å²) in [7, 11) is 1.73. The molecule has 1 aromatic carbocycles. The minimum Gasteiger partial charge on any atom is -0.497 e.